The number of allylic oxidation sites excluding steroid dienone is 1. The van der Waals surface area contributed by atoms with Crippen LogP contribution >= 0.6 is 11.6 Å². The molecule has 0 heterocycles. The molecule has 0 unspecified atom stereocenters. The highest BCUT2D eigenvalue weighted by Crippen LogP contribution is 2.05. The van der Waals surface area contributed by atoms with Crippen LogP contribution in [0.15, 0.2) is 86.0 Å². The molecule has 8 nitrogen and oxygen atoms in total. The number of esters is 2. The average molecular weight is 571 g/mol. The summed E-state index contributed by atoms with van der Waals surface area (Å²) in [6.45, 7) is 12.3. The third kappa shape index (κ3) is 19.8. The van der Waals surface area contributed by atoms with Crippen molar-refractivity contribution in [3.8, 4) is 0 Å². The van der Waals surface area contributed by atoms with Crippen molar-refractivity contribution in [2.75, 3.05) is 13.2 Å². The summed E-state index contributed by atoms with van der Waals surface area (Å²) in [4.78, 5) is 42.9. The quantitative estimate of drug-likeness (QED) is 0.212. The number of nitrogens with one attached hydrogen (secondary N) is 1. The summed E-state index contributed by atoms with van der Waals surface area (Å²) in [6, 6.07) is 15.7. The number of nitrogens with two attached hydrogens (primary N) is 1. The van der Waals surface area contributed by atoms with Crippen molar-refractivity contribution >= 4 is 46.8 Å². The van der Waals surface area contributed by atoms with Gasteiger partial charge in [0, 0.05) is 37.4 Å². The Kier molecular flexibility index (Phi) is 22.6. The molecule has 0 spiro atoms. The van der Waals surface area contributed by atoms with E-state index in [9.17, 15) is 19.2 Å². The Morgan fingerprint density at radius 1 is 0.775 bits per heavy atom. The topological polar surface area (TPSA) is 125 Å². The van der Waals surface area contributed by atoms with Gasteiger partial charge in [0.15, 0.2) is 0 Å². The fourth-order valence-electron chi connectivity index (χ4n) is 2.47. The molecule has 0 aliphatic rings. The van der Waals surface area contributed by atoms with E-state index < -0.39 is 17.2 Å². The number of carbonyl (C=O) groups excluding carboxylic acids is 4. The maximum atomic E-state index is 11.4. The first-order valence-corrected chi connectivity index (χ1v) is 12.4. The number of amides is 1. The minimum Gasteiger partial charge on any atom is -0.463 e. The SMILES string of the molecule is C.C=Cc1ccc(CN)cc1.C=Cc1ccc(CNC(=O)C=CC(=O)OCC)cc1.CCOC(=O)C=CC(=O)Cl. The molecule has 0 aromatic heterocycles. The molecule has 2 rings (SSSR count). The van der Waals surface area contributed by atoms with Gasteiger partial charge < -0.3 is 20.5 Å². The number of benzene rings is 2. The molecule has 0 aliphatic carbocycles. The molecule has 0 saturated heterocycles. The van der Waals surface area contributed by atoms with E-state index in [2.05, 4.69) is 27.9 Å². The van der Waals surface area contributed by atoms with Crippen LogP contribution in [0.3, 0.4) is 0 Å². The number of carbonyl (C=O) groups is 4. The first kappa shape index (κ1) is 37.9. The van der Waals surface area contributed by atoms with Crippen LogP contribution in [0.1, 0.15) is 43.5 Å². The lowest BCUT2D eigenvalue weighted by atomic mass is 10.1. The van der Waals surface area contributed by atoms with Gasteiger partial charge in [0.1, 0.15) is 0 Å². The van der Waals surface area contributed by atoms with Crippen LogP contribution in [-0.4, -0.2) is 36.3 Å². The Morgan fingerprint density at radius 2 is 1.20 bits per heavy atom. The predicted octanol–water partition coefficient (Wildman–Crippen LogP) is 5.36. The van der Waals surface area contributed by atoms with E-state index >= 15 is 0 Å². The summed E-state index contributed by atoms with van der Waals surface area (Å²) in [5, 5.41) is 1.99. The molecule has 40 heavy (non-hydrogen) atoms. The van der Waals surface area contributed by atoms with Crippen molar-refractivity contribution in [3.05, 3.63) is 108 Å². The van der Waals surface area contributed by atoms with Crippen molar-refractivity contribution in [3.63, 3.8) is 0 Å². The van der Waals surface area contributed by atoms with Gasteiger partial charge in [0.25, 0.3) is 0 Å². The van der Waals surface area contributed by atoms with Gasteiger partial charge in [-0.25, -0.2) is 9.59 Å². The number of halogens is 1. The maximum absolute atomic E-state index is 11.4. The van der Waals surface area contributed by atoms with Gasteiger partial charge in [0.2, 0.25) is 11.1 Å². The van der Waals surface area contributed by atoms with Crippen LogP contribution in [0.25, 0.3) is 12.2 Å². The summed E-state index contributed by atoms with van der Waals surface area (Å²) in [7, 11) is 0. The highest BCUT2D eigenvalue weighted by atomic mass is 35.5. The highest BCUT2D eigenvalue weighted by Gasteiger charge is 1.99. The lowest BCUT2D eigenvalue weighted by Gasteiger charge is -2.03. The van der Waals surface area contributed by atoms with Gasteiger partial charge in [-0.05, 0) is 47.7 Å². The van der Waals surface area contributed by atoms with Gasteiger partial charge in [-0.2, -0.15) is 0 Å². The third-order valence-corrected chi connectivity index (χ3v) is 4.55. The second-order valence-corrected chi connectivity index (χ2v) is 7.66. The molecule has 2 aromatic carbocycles. The van der Waals surface area contributed by atoms with E-state index in [1.807, 2.05) is 54.6 Å². The predicted molar refractivity (Wildman–Crippen MR) is 162 cm³/mol. The number of hydrogen-bond acceptors (Lipinski definition) is 7. The molecule has 0 atom stereocenters. The Labute approximate surface area is 242 Å². The summed E-state index contributed by atoms with van der Waals surface area (Å²) in [6.07, 6.45) is 7.78. The molecule has 0 radical (unpaired) electrons. The molecule has 0 saturated carbocycles. The van der Waals surface area contributed by atoms with E-state index in [0.717, 1.165) is 46.6 Å². The van der Waals surface area contributed by atoms with Crippen molar-refractivity contribution in [2.24, 2.45) is 5.73 Å². The van der Waals surface area contributed by atoms with Gasteiger partial charge in [-0.3, -0.25) is 9.59 Å². The van der Waals surface area contributed by atoms with Crippen molar-refractivity contribution in [1.29, 1.82) is 0 Å². The summed E-state index contributed by atoms with van der Waals surface area (Å²) < 4.78 is 9.12. The zero-order valence-corrected chi connectivity index (χ0v) is 23.0. The van der Waals surface area contributed by atoms with Crippen molar-refractivity contribution in [1.82, 2.24) is 5.32 Å². The normalized spacial score (nSPS) is 9.60. The molecule has 0 bridgehead atoms. The average Bonchev–Trinajstić information content (AvgIpc) is 2.95. The van der Waals surface area contributed by atoms with Gasteiger partial charge in [-0.15, -0.1) is 0 Å². The van der Waals surface area contributed by atoms with Crippen LogP contribution in [0.5, 0.6) is 0 Å². The number of rotatable bonds is 11. The zero-order chi connectivity index (χ0) is 29.5. The Morgan fingerprint density at radius 3 is 1.57 bits per heavy atom. The van der Waals surface area contributed by atoms with E-state index in [1.165, 1.54) is 0 Å². The van der Waals surface area contributed by atoms with Crippen LogP contribution in [0.4, 0.5) is 0 Å². The molecule has 2 aromatic rings. The minimum absolute atomic E-state index is 0. The summed E-state index contributed by atoms with van der Waals surface area (Å²) >= 11 is 4.89. The van der Waals surface area contributed by atoms with Crippen LogP contribution in [0, 0.1) is 0 Å². The third-order valence-electron chi connectivity index (χ3n) is 4.43. The fraction of sp³-hybridized carbons (Fsp3) is 0.226. The van der Waals surface area contributed by atoms with E-state index in [4.69, 9.17) is 17.3 Å². The minimum atomic E-state index is -0.687. The molecule has 0 aliphatic heterocycles. The second-order valence-electron chi connectivity index (χ2n) is 7.29. The van der Waals surface area contributed by atoms with Gasteiger partial charge in [0.05, 0.1) is 13.2 Å². The first-order valence-electron chi connectivity index (χ1n) is 12.0. The largest absolute Gasteiger partial charge is 0.463 e. The standard InChI is InChI=1S/C15H17NO3.C9H11N.C6H7ClO3.CH4/c1-3-12-5-7-13(8-6-12)11-16-14(17)9-10-15(18)19-4-2;1-2-8-3-5-9(7-10)6-4-8;1-2-10-6(9)4-3-5(7)8;/h3,5-10H,1,4,11H2,2H3,(H,16,17);2-6H,1,7,10H2;3-4H,2H2,1H3;1H4. The second kappa shape index (κ2) is 23.8. The molecule has 9 heteroatoms. The molecule has 1 amide bonds. The molecular formula is C31H39ClN2O6. The van der Waals surface area contributed by atoms with Crippen LogP contribution in [-0.2, 0) is 41.7 Å². The Balaban J connectivity index is 0. The van der Waals surface area contributed by atoms with E-state index in [-0.39, 0.29) is 13.3 Å². The monoisotopic (exact) mass is 570 g/mol. The summed E-state index contributed by atoms with van der Waals surface area (Å²) in [5.41, 5.74) is 9.71. The van der Waals surface area contributed by atoms with E-state index in [1.54, 1.807) is 19.9 Å². The zero-order valence-electron chi connectivity index (χ0n) is 22.2. The fourth-order valence-corrected chi connectivity index (χ4v) is 2.53. The van der Waals surface area contributed by atoms with Gasteiger partial charge in [-0.1, -0.05) is 81.3 Å². The van der Waals surface area contributed by atoms with Gasteiger partial charge >= 0.3 is 11.9 Å². The lowest BCUT2D eigenvalue weighted by molar-refractivity contribution is -0.138. The highest BCUT2D eigenvalue weighted by molar-refractivity contribution is 6.66. The smallest absolute Gasteiger partial charge is 0.330 e. The molecular weight excluding hydrogens is 532 g/mol. The molecule has 216 valence electrons. The molecule has 3 N–H and O–H groups in total. The molecule has 0 fully saturated rings. The number of ether oxygens (including phenoxy) is 2. The van der Waals surface area contributed by atoms with Crippen molar-refractivity contribution in [2.45, 2.75) is 34.4 Å². The first-order chi connectivity index (χ1) is 18.7. The Bertz CT molecular complexity index is 1120. The van der Waals surface area contributed by atoms with E-state index in [0.29, 0.717) is 26.3 Å². The van der Waals surface area contributed by atoms with Crippen molar-refractivity contribution < 1.29 is 28.7 Å². The van der Waals surface area contributed by atoms with Crippen LogP contribution < -0.4 is 11.1 Å². The van der Waals surface area contributed by atoms with Crippen LogP contribution in [0.2, 0.25) is 0 Å². The Hall–Kier alpha value is -4.27. The number of hydrogen-bond donors (Lipinski definition) is 2. The summed E-state index contributed by atoms with van der Waals surface area (Å²) in [5.74, 6) is -1.41. The maximum Gasteiger partial charge on any atom is 0.330 e. The lowest BCUT2D eigenvalue weighted by Crippen LogP contribution is -2.20.